The van der Waals surface area contributed by atoms with E-state index < -0.39 is 5.60 Å². The normalized spacial score (nSPS) is 21.1. The van der Waals surface area contributed by atoms with Crippen LogP contribution in [0.15, 0.2) is 12.3 Å². The molecule has 1 atom stereocenters. The highest BCUT2D eigenvalue weighted by Gasteiger charge is 2.33. The van der Waals surface area contributed by atoms with E-state index in [1.807, 2.05) is 0 Å². The van der Waals surface area contributed by atoms with E-state index in [2.05, 4.69) is 15.6 Å². The zero-order valence-corrected chi connectivity index (χ0v) is 14.8. The van der Waals surface area contributed by atoms with Gasteiger partial charge in [-0.1, -0.05) is 0 Å². The predicted molar refractivity (Wildman–Crippen MR) is 94.5 cm³/mol. The molecule has 7 nitrogen and oxygen atoms in total. The van der Waals surface area contributed by atoms with E-state index in [9.17, 15) is 14.7 Å². The van der Waals surface area contributed by atoms with E-state index in [-0.39, 0.29) is 24.3 Å². The molecule has 1 aromatic heterocycles. The van der Waals surface area contributed by atoms with Crippen LogP contribution in [0.3, 0.4) is 0 Å². The third kappa shape index (κ3) is 4.22. The van der Waals surface area contributed by atoms with E-state index >= 15 is 0 Å². The van der Waals surface area contributed by atoms with Crippen LogP contribution in [0.1, 0.15) is 53.5 Å². The second-order valence-corrected chi connectivity index (χ2v) is 7.37. The average Bonchev–Trinajstić information content (AvgIpc) is 3.31. The van der Waals surface area contributed by atoms with E-state index in [1.54, 1.807) is 24.1 Å². The number of likely N-dealkylation sites (tertiary alicyclic amines) is 1. The number of amides is 2. The number of piperidine rings is 1. The Morgan fingerprint density at radius 2 is 2.00 bits per heavy atom. The first-order chi connectivity index (χ1) is 12.0. The van der Waals surface area contributed by atoms with Crippen molar-refractivity contribution in [2.75, 3.05) is 32.7 Å². The van der Waals surface area contributed by atoms with Crippen LogP contribution in [0.2, 0.25) is 0 Å². The van der Waals surface area contributed by atoms with Gasteiger partial charge in [0.25, 0.3) is 11.8 Å². The number of aromatic nitrogens is 1. The molecule has 138 valence electrons. The Morgan fingerprint density at radius 1 is 1.32 bits per heavy atom. The minimum atomic E-state index is -0.928. The lowest BCUT2D eigenvalue weighted by Gasteiger charge is -2.35. The number of nitrogens with one attached hydrogen (secondary N) is 3. The quantitative estimate of drug-likeness (QED) is 0.631. The highest BCUT2D eigenvalue weighted by atomic mass is 16.3. The molecule has 1 aromatic rings. The molecule has 0 saturated carbocycles. The zero-order valence-electron chi connectivity index (χ0n) is 14.8. The fraction of sp³-hybridized carbons (Fsp3) is 0.667. The molecule has 3 rings (SSSR count). The summed E-state index contributed by atoms with van der Waals surface area (Å²) >= 11 is 0. The summed E-state index contributed by atoms with van der Waals surface area (Å²) in [5.74, 6) is -0.156. The van der Waals surface area contributed by atoms with Crippen molar-refractivity contribution in [2.24, 2.45) is 5.92 Å². The number of aliphatic hydroxyl groups is 1. The number of carbonyl (C=O) groups excluding carboxylic acids is 2. The Kier molecular flexibility index (Phi) is 5.44. The third-order valence-corrected chi connectivity index (χ3v) is 5.39. The van der Waals surface area contributed by atoms with Gasteiger partial charge in [-0.2, -0.15) is 0 Å². The number of H-pyrrole nitrogens is 1. The first-order valence-corrected chi connectivity index (χ1v) is 9.16. The molecule has 2 aliphatic rings. The van der Waals surface area contributed by atoms with E-state index in [0.29, 0.717) is 11.3 Å². The molecule has 0 spiro atoms. The highest BCUT2D eigenvalue weighted by molar-refractivity contribution is 5.99. The van der Waals surface area contributed by atoms with Gasteiger partial charge in [0.2, 0.25) is 0 Å². The molecule has 7 heteroatoms. The third-order valence-electron chi connectivity index (χ3n) is 5.39. The molecular formula is C18H28N4O3. The lowest BCUT2D eigenvalue weighted by atomic mass is 9.82. The fourth-order valence-corrected chi connectivity index (χ4v) is 3.69. The fourth-order valence-electron chi connectivity index (χ4n) is 3.69. The minimum Gasteiger partial charge on any atom is -0.388 e. The van der Waals surface area contributed by atoms with Crippen molar-refractivity contribution in [2.45, 2.75) is 38.2 Å². The van der Waals surface area contributed by atoms with Gasteiger partial charge in [-0.25, -0.2) is 0 Å². The number of hydrogen-bond donors (Lipinski definition) is 4. The van der Waals surface area contributed by atoms with Crippen molar-refractivity contribution in [3.8, 4) is 0 Å². The summed E-state index contributed by atoms with van der Waals surface area (Å²) in [7, 11) is 0. The summed E-state index contributed by atoms with van der Waals surface area (Å²) in [6.45, 7) is 5.33. The van der Waals surface area contributed by atoms with Crippen molar-refractivity contribution >= 4 is 11.8 Å². The van der Waals surface area contributed by atoms with Gasteiger partial charge in [0, 0.05) is 25.8 Å². The van der Waals surface area contributed by atoms with Crippen LogP contribution in [-0.2, 0) is 0 Å². The van der Waals surface area contributed by atoms with Gasteiger partial charge in [-0.15, -0.1) is 0 Å². The Morgan fingerprint density at radius 3 is 2.68 bits per heavy atom. The molecular weight excluding hydrogens is 320 g/mol. The van der Waals surface area contributed by atoms with Crippen LogP contribution < -0.4 is 10.6 Å². The lowest BCUT2D eigenvalue weighted by Crippen LogP contribution is -2.49. The van der Waals surface area contributed by atoms with Gasteiger partial charge < -0.3 is 25.6 Å². The smallest absolute Gasteiger partial charge is 0.270 e. The lowest BCUT2D eigenvalue weighted by molar-refractivity contribution is -0.0116. The molecule has 0 aliphatic carbocycles. The summed E-state index contributed by atoms with van der Waals surface area (Å²) < 4.78 is 0. The van der Waals surface area contributed by atoms with Crippen molar-refractivity contribution in [1.82, 2.24) is 20.5 Å². The van der Waals surface area contributed by atoms with Crippen molar-refractivity contribution in [3.05, 3.63) is 23.5 Å². The zero-order chi connectivity index (χ0) is 17.9. The Balaban J connectivity index is 1.55. The second kappa shape index (κ2) is 7.58. The van der Waals surface area contributed by atoms with Crippen LogP contribution in [0.25, 0.3) is 0 Å². The Bertz CT molecular complexity index is 614. The first kappa shape index (κ1) is 17.9. The molecule has 1 unspecified atom stereocenters. The predicted octanol–water partition coefficient (Wildman–Crippen LogP) is 0.731. The van der Waals surface area contributed by atoms with Crippen molar-refractivity contribution in [1.29, 1.82) is 0 Å². The van der Waals surface area contributed by atoms with Crippen molar-refractivity contribution in [3.63, 3.8) is 0 Å². The van der Waals surface area contributed by atoms with E-state index in [4.69, 9.17) is 0 Å². The molecule has 0 bridgehead atoms. The molecule has 3 heterocycles. The summed E-state index contributed by atoms with van der Waals surface area (Å²) in [5.41, 5.74) is -0.0664. The van der Waals surface area contributed by atoms with Gasteiger partial charge in [-0.05, 0) is 57.7 Å². The molecule has 0 aromatic carbocycles. The van der Waals surface area contributed by atoms with Gasteiger partial charge in [0.05, 0.1) is 11.2 Å². The SMILES string of the molecule is CC(O)(CNC(=O)c1c[nH]c(C(=O)N2CCCC2)c1)C1CCNCC1. The van der Waals surface area contributed by atoms with Gasteiger partial charge in [-0.3, -0.25) is 9.59 Å². The summed E-state index contributed by atoms with van der Waals surface area (Å²) in [4.78, 5) is 29.4. The van der Waals surface area contributed by atoms with Gasteiger partial charge in [0.1, 0.15) is 5.69 Å². The van der Waals surface area contributed by atoms with Crippen LogP contribution in [0.5, 0.6) is 0 Å². The molecule has 2 aliphatic heterocycles. The first-order valence-electron chi connectivity index (χ1n) is 9.16. The molecule has 2 fully saturated rings. The number of hydrogen-bond acceptors (Lipinski definition) is 4. The minimum absolute atomic E-state index is 0.0572. The van der Waals surface area contributed by atoms with Crippen LogP contribution in [-0.4, -0.2) is 65.1 Å². The van der Waals surface area contributed by atoms with E-state index in [1.165, 1.54) is 0 Å². The number of nitrogens with zero attached hydrogens (tertiary/aromatic N) is 1. The molecule has 2 saturated heterocycles. The summed E-state index contributed by atoms with van der Waals surface area (Å²) in [6.07, 6.45) is 5.43. The topological polar surface area (TPSA) is 97.5 Å². The maximum atomic E-state index is 12.4. The molecule has 2 amide bonds. The van der Waals surface area contributed by atoms with Gasteiger partial charge >= 0.3 is 0 Å². The molecule has 0 radical (unpaired) electrons. The second-order valence-electron chi connectivity index (χ2n) is 7.37. The van der Waals surface area contributed by atoms with E-state index in [0.717, 1.165) is 51.9 Å². The Hall–Kier alpha value is -1.86. The monoisotopic (exact) mass is 348 g/mol. The van der Waals surface area contributed by atoms with Crippen LogP contribution in [0.4, 0.5) is 0 Å². The number of aromatic amines is 1. The summed E-state index contributed by atoms with van der Waals surface area (Å²) in [6, 6.07) is 1.59. The molecule has 25 heavy (non-hydrogen) atoms. The molecule has 4 N–H and O–H groups in total. The Labute approximate surface area is 148 Å². The standard InChI is InChI=1S/C18H28N4O3/c1-18(25,14-4-6-19-7-5-14)12-21-16(23)13-10-15(20-11-13)17(24)22-8-2-3-9-22/h10-11,14,19-20,25H,2-9,12H2,1H3,(H,21,23). The van der Waals surface area contributed by atoms with Crippen LogP contribution >= 0.6 is 0 Å². The summed E-state index contributed by atoms with van der Waals surface area (Å²) in [5, 5.41) is 16.7. The number of rotatable bonds is 5. The number of carbonyl (C=O) groups is 2. The van der Waals surface area contributed by atoms with Crippen molar-refractivity contribution < 1.29 is 14.7 Å². The maximum absolute atomic E-state index is 12.4. The largest absolute Gasteiger partial charge is 0.388 e. The highest BCUT2D eigenvalue weighted by Crippen LogP contribution is 2.25. The average molecular weight is 348 g/mol. The maximum Gasteiger partial charge on any atom is 0.270 e. The van der Waals surface area contributed by atoms with Gasteiger partial charge in [0.15, 0.2) is 0 Å². The van der Waals surface area contributed by atoms with Crippen LogP contribution in [0, 0.1) is 5.92 Å².